The fourth-order valence-corrected chi connectivity index (χ4v) is 2.52. The zero-order chi connectivity index (χ0) is 19.0. The lowest BCUT2D eigenvalue weighted by atomic mass is 10.1. The van der Waals surface area contributed by atoms with Crippen molar-refractivity contribution >= 4 is 35.5 Å². The van der Waals surface area contributed by atoms with E-state index in [1.807, 2.05) is 0 Å². The van der Waals surface area contributed by atoms with Gasteiger partial charge in [-0.3, -0.25) is 14.9 Å². The van der Waals surface area contributed by atoms with Gasteiger partial charge < -0.3 is 10.1 Å². The van der Waals surface area contributed by atoms with Gasteiger partial charge in [-0.1, -0.05) is 12.1 Å². The van der Waals surface area contributed by atoms with Gasteiger partial charge >= 0.3 is 12.0 Å². The Labute approximate surface area is 150 Å². The van der Waals surface area contributed by atoms with Crippen LogP contribution in [0.2, 0.25) is 0 Å². The third-order valence-electron chi connectivity index (χ3n) is 2.61. The van der Waals surface area contributed by atoms with E-state index in [-0.39, 0.29) is 17.1 Å². The molecule has 0 saturated carbocycles. The van der Waals surface area contributed by atoms with Gasteiger partial charge in [-0.05, 0) is 39.8 Å². The molecule has 1 aromatic carbocycles. The Morgan fingerprint density at radius 2 is 1.76 bits per heavy atom. The summed E-state index contributed by atoms with van der Waals surface area (Å²) in [5.74, 6) is -1.21. The van der Waals surface area contributed by atoms with Crippen LogP contribution in [0.4, 0.5) is 4.79 Å². The number of benzene rings is 1. The van der Waals surface area contributed by atoms with Crippen LogP contribution in [0.25, 0.3) is 0 Å². The Balaban J connectivity index is 2.58. The van der Waals surface area contributed by atoms with Crippen LogP contribution in [0, 0.1) is 0 Å². The van der Waals surface area contributed by atoms with E-state index in [0.717, 1.165) is 0 Å². The monoisotopic (exact) mass is 366 g/mol. The molecule has 0 radical (unpaired) electrons. The molecule has 1 aromatic rings. The van der Waals surface area contributed by atoms with E-state index in [4.69, 9.17) is 4.74 Å². The lowest BCUT2D eigenvalue weighted by Crippen LogP contribution is -2.49. The third-order valence-corrected chi connectivity index (χ3v) is 3.83. The largest absolute Gasteiger partial charge is 0.452 e. The summed E-state index contributed by atoms with van der Waals surface area (Å²) in [5.41, 5.74) is -0.228. The normalized spacial score (nSPS) is 10.7. The predicted molar refractivity (Wildman–Crippen MR) is 94.6 cm³/mol. The summed E-state index contributed by atoms with van der Waals surface area (Å²) in [4.78, 5) is 47.1. The first-order chi connectivity index (χ1) is 11.6. The average Bonchev–Trinajstić information content (AvgIpc) is 2.48. The van der Waals surface area contributed by atoms with E-state index >= 15 is 0 Å². The first-order valence-electron chi connectivity index (χ1n) is 7.59. The number of amides is 3. The van der Waals surface area contributed by atoms with E-state index in [1.54, 1.807) is 45.0 Å². The lowest BCUT2D eigenvalue weighted by molar-refractivity contribution is -0.123. The SMILES string of the molecule is CC(=O)CSc1ccccc1C(=O)OCC(=O)NC(=O)NC(C)(C)C. The van der Waals surface area contributed by atoms with Crippen molar-refractivity contribution in [2.24, 2.45) is 0 Å². The highest BCUT2D eigenvalue weighted by atomic mass is 32.2. The molecule has 0 atom stereocenters. The molecule has 0 aliphatic heterocycles. The number of nitrogens with one attached hydrogen (secondary N) is 2. The summed E-state index contributed by atoms with van der Waals surface area (Å²) in [6.07, 6.45) is 0. The second kappa shape index (κ2) is 9.22. The number of Topliss-reactive ketones (excluding diaryl/α,β-unsaturated/α-hetero) is 1. The summed E-state index contributed by atoms with van der Waals surface area (Å²) >= 11 is 1.22. The molecule has 0 aromatic heterocycles. The lowest BCUT2D eigenvalue weighted by Gasteiger charge is -2.20. The smallest absolute Gasteiger partial charge is 0.339 e. The summed E-state index contributed by atoms with van der Waals surface area (Å²) in [7, 11) is 0. The molecule has 7 nitrogen and oxygen atoms in total. The Bertz CT molecular complexity index is 667. The third kappa shape index (κ3) is 8.35. The fraction of sp³-hybridized carbons (Fsp3) is 0.412. The molecule has 0 heterocycles. The summed E-state index contributed by atoms with van der Waals surface area (Å²) in [5, 5.41) is 4.64. The second-order valence-electron chi connectivity index (χ2n) is 6.32. The molecule has 3 amide bonds. The van der Waals surface area contributed by atoms with Crippen LogP contribution in [0.15, 0.2) is 29.2 Å². The molecule has 0 aliphatic rings. The Hall–Kier alpha value is -2.35. The van der Waals surface area contributed by atoms with Crippen LogP contribution in [-0.4, -0.2) is 41.6 Å². The van der Waals surface area contributed by atoms with E-state index in [9.17, 15) is 19.2 Å². The van der Waals surface area contributed by atoms with Crippen molar-refractivity contribution < 1.29 is 23.9 Å². The van der Waals surface area contributed by atoms with E-state index in [0.29, 0.717) is 4.90 Å². The first kappa shape index (κ1) is 20.7. The maximum atomic E-state index is 12.1. The Morgan fingerprint density at radius 3 is 2.36 bits per heavy atom. The topological polar surface area (TPSA) is 102 Å². The van der Waals surface area contributed by atoms with Crippen molar-refractivity contribution in [1.82, 2.24) is 10.6 Å². The predicted octanol–water partition coefficient (Wildman–Crippen LogP) is 2.15. The number of urea groups is 1. The highest BCUT2D eigenvalue weighted by molar-refractivity contribution is 8.00. The number of thioether (sulfide) groups is 1. The van der Waals surface area contributed by atoms with E-state index in [1.165, 1.54) is 18.7 Å². The number of carbonyl (C=O) groups excluding carboxylic acids is 4. The maximum Gasteiger partial charge on any atom is 0.339 e. The molecule has 1 rings (SSSR count). The quantitative estimate of drug-likeness (QED) is 0.591. The minimum Gasteiger partial charge on any atom is -0.452 e. The molecule has 0 fully saturated rings. The highest BCUT2D eigenvalue weighted by Gasteiger charge is 2.18. The number of carbonyl (C=O) groups is 4. The van der Waals surface area contributed by atoms with Crippen LogP contribution >= 0.6 is 11.8 Å². The number of ketones is 1. The molecule has 0 saturated heterocycles. The molecule has 0 bridgehead atoms. The van der Waals surface area contributed by atoms with Crippen molar-refractivity contribution in [3.63, 3.8) is 0 Å². The summed E-state index contributed by atoms with van der Waals surface area (Å²) in [6.45, 7) is 6.19. The Morgan fingerprint density at radius 1 is 1.12 bits per heavy atom. The average molecular weight is 366 g/mol. The van der Waals surface area contributed by atoms with Gasteiger partial charge in [0.25, 0.3) is 5.91 Å². The zero-order valence-electron chi connectivity index (χ0n) is 14.7. The van der Waals surface area contributed by atoms with Crippen LogP contribution in [-0.2, 0) is 14.3 Å². The minimum absolute atomic E-state index is 0.0163. The standard InChI is InChI=1S/C17H22N2O5S/c1-11(20)10-25-13-8-6-5-7-12(13)15(22)24-9-14(21)18-16(23)19-17(2,3)4/h5-8H,9-10H2,1-4H3,(H2,18,19,21,23). The number of esters is 1. The van der Waals surface area contributed by atoms with Gasteiger partial charge in [0.1, 0.15) is 5.78 Å². The van der Waals surface area contributed by atoms with Crippen molar-refractivity contribution in [3.8, 4) is 0 Å². The zero-order valence-corrected chi connectivity index (χ0v) is 15.5. The van der Waals surface area contributed by atoms with Crippen molar-refractivity contribution in [3.05, 3.63) is 29.8 Å². The van der Waals surface area contributed by atoms with Crippen LogP contribution in [0.5, 0.6) is 0 Å². The molecule has 25 heavy (non-hydrogen) atoms. The van der Waals surface area contributed by atoms with E-state index < -0.39 is 30.1 Å². The molecular weight excluding hydrogens is 344 g/mol. The summed E-state index contributed by atoms with van der Waals surface area (Å²) < 4.78 is 4.94. The number of hydrogen-bond acceptors (Lipinski definition) is 6. The molecule has 0 spiro atoms. The van der Waals surface area contributed by atoms with Crippen molar-refractivity contribution in [2.75, 3.05) is 12.4 Å². The molecule has 0 aliphatic carbocycles. The molecule has 0 unspecified atom stereocenters. The fourth-order valence-electron chi connectivity index (χ4n) is 1.68. The van der Waals surface area contributed by atoms with Gasteiger partial charge in [-0.25, -0.2) is 9.59 Å². The van der Waals surface area contributed by atoms with Gasteiger partial charge in [0, 0.05) is 10.4 Å². The van der Waals surface area contributed by atoms with Crippen molar-refractivity contribution in [2.45, 2.75) is 38.1 Å². The van der Waals surface area contributed by atoms with Gasteiger partial charge in [0.2, 0.25) is 0 Å². The maximum absolute atomic E-state index is 12.1. The number of imide groups is 1. The van der Waals surface area contributed by atoms with Crippen LogP contribution in [0.1, 0.15) is 38.1 Å². The number of ether oxygens (including phenoxy) is 1. The van der Waals surface area contributed by atoms with E-state index in [2.05, 4.69) is 10.6 Å². The van der Waals surface area contributed by atoms with Crippen LogP contribution < -0.4 is 10.6 Å². The minimum atomic E-state index is -0.732. The molecule has 8 heteroatoms. The molecule has 136 valence electrons. The van der Waals surface area contributed by atoms with Gasteiger partial charge in [0.15, 0.2) is 6.61 Å². The Kier molecular flexibility index (Phi) is 7.63. The number of rotatable bonds is 6. The number of hydrogen-bond donors (Lipinski definition) is 2. The van der Waals surface area contributed by atoms with Gasteiger partial charge in [-0.15, -0.1) is 11.8 Å². The molecular formula is C17H22N2O5S. The molecule has 2 N–H and O–H groups in total. The summed E-state index contributed by atoms with van der Waals surface area (Å²) in [6, 6.07) is 5.98. The van der Waals surface area contributed by atoms with Crippen molar-refractivity contribution in [1.29, 1.82) is 0 Å². The van der Waals surface area contributed by atoms with Gasteiger partial charge in [-0.2, -0.15) is 0 Å². The first-order valence-corrected chi connectivity index (χ1v) is 8.57. The van der Waals surface area contributed by atoms with Crippen LogP contribution in [0.3, 0.4) is 0 Å². The second-order valence-corrected chi connectivity index (χ2v) is 7.33. The van der Waals surface area contributed by atoms with Gasteiger partial charge in [0.05, 0.1) is 11.3 Å². The highest BCUT2D eigenvalue weighted by Crippen LogP contribution is 2.23.